The second-order valence-corrected chi connectivity index (χ2v) is 8.82. The molecule has 2 amide bonds. The van der Waals surface area contributed by atoms with Gasteiger partial charge >= 0.3 is 6.09 Å². The second-order valence-electron chi connectivity index (χ2n) is 8.82. The molecule has 0 aliphatic rings. The van der Waals surface area contributed by atoms with Gasteiger partial charge in [-0.2, -0.15) is 5.10 Å². The number of hydrogen-bond donors (Lipinski definition) is 3. The molecule has 0 fully saturated rings. The number of hydrazone groups is 1. The Kier molecular flexibility index (Phi) is 10.3. The Balaban J connectivity index is 1.34. The van der Waals surface area contributed by atoms with E-state index in [1.165, 1.54) is 12.5 Å². The third-order valence-corrected chi connectivity index (χ3v) is 5.93. The Morgan fingerprint density at radius 1 is 0.951 bits per heavy atom. The van der Waals surface area contributed by atoms with Gasteiger partial charge in [-0.15, -0.1) is 0 Å². The number of aromatic nitrogens is 2. The molecule has 1 aromatic heterocycles. The Morgan fingerprint density at radius 2 is 1.73 bits per heavy atom. The van der Waals surface area contributed by atoms with Crippen molar-refractivity contribution in [2.24, 2.45) is 5.10 Å². The van der Waals surface area contributed by atoms with Crippen LogP contribution in [0.5, 0.6) is 17.2 Å². The summed E-state index contributed by atoms with van der Waals surface area (Å²) in [6.45, 7) is 0.424. The fourth-order valence-corrected chi connectivity index (χ4v) is 3.75. The standard InChI is InChI=1S/C30H31N5O6/c1-38-25-11-8-22(9-12-25)18-40-27-13-10-23(14-28(27)39-2)16-33-35-29(36)26(15-24-17-31-20-32-24)34-30(37)41-19-21-6-4-3-5-7-21/h3-14,16-17,20,26H,15,18-19H2,1-2H3,(H,31,32)(H,34,37)(H,35,36)/b33-16-/t26-/m1/s1. The summed E-state index contributed by atoms with van der Waals surface area (Å²) in [5.74, 6) is 1.31. The Labute approximate surface area is 237 Å². The molecule has 3 aromatic carbocycles. The van der Waals surface area contributed by atoms with E-state index in [0.717, 1.165) is 16.9 Å². The summed E-state index contributed by atoms with van der Waals surface area (Å²) in [5.41, 5.74) is 5.60. The number of methoxy groups -OCH3 is 2. The molecule has 0 aliphatic carbocycles. The number of ether oxygens (including phenoxy) is 4. The summed E-state index contributed by atoms with van der Waals surface area (Å²) in [6.07, 6.45) is 3.97. The van der Waals surface area contributed by atoms with Crippen molar-refractivity contribution in [2.45, 2.75) is 25.7 Å². The van der Waals surface area contributed by atoms with Crippen LogP contribution in [0.4, 0.5) is 4.79 Å². The maximum atomic E-state index is 12.9. The van der Waals surface area contributed by atoms with Gasteiger partial charge in [0, 0.05) is 18.3 Å². The molecule has 0 aliphatic heterocycles. The fraction of sp³-hybridized carbons (Fsp3) is 0.200. The van der Waals surface area contributed by atoms with E-state index in [2.05, 4.69) is 25.8 Å². The quantitative estimate of drug-likeness (QED) is 0.167. The number of imidazole rings is 1. The van der Waals surface area contributed by atoms with Gasteiger partial charge in [0.05, 0.1) is 26.8 Å². The molecular formula is C30H31N5O6. The number of alkyl carbamates (subject to hydrolysis) is 1. The van der Waals surface area contributed by atoms with Gasteiger partial charge in [-0.3, -0.25) is 4.79 Å². The maximum Gasteiger partial charge on any atom is 0.408 e. The molecule has 0 saturated heterocycles. The van der Waals surface area contributed by atoms with Crippen molar-refractivity contribution in [2.75, 3.05) is 14.2 Å². The molecule has 0 saturated carbocycles. The molecule has 3 N–H and O–H groups in total. The van der Waals surface area contributed by atoms with Gasteiger partial charge in [-0.25, -0.2) is 15.2 Å². The van der Waals surface area contributed by atoms with Crippen LogP contribution in [-0.4, -0.2) is 48.4 Å². The lowest BCUT2D eigenvalue weighted by molar-refractivity contribution is -0.123. The lowest BCUT2D eigenvalue weighted by Crippen LogP contribution is -2.47. The van der Waals surface area contributed by atoms with E-state index in [-0.39, 0.29) is 13.0 Å². The summed E-state index contributed by atoms with van der Waals surface area (Å²) in [5, 5.41) is 6.65. The molecule has 0 unspecified atom stereocenters. The minimum atomic E-state index is -0.959. The van der Waals surface area contributed by atoms with E-state index < -0.39 is 18.0 Å². The number of nitrogens with zero attached hydrogens (tertiary/aromatic N) is 2. The summed E-state index contributed by atoms with van der Waals surface area (Å²) in [7, 11) is 3.16. The number of hydrogen-bond acceptors (Lipinski definition) is 8. The van der Waals surface area contributed by atoms with Gasteiger partial charge in [0.25, 0.3) is 5.91 Å². The molecule has 1 atom stereocenters. The lowest BCUT2D eigenvalue weighted by atomic mass is 10.1. The first kappa shape index (κ1) is 28.7. The highest BCUT2D eigenvalue weighted by molar-refractivity contribution is 5.87. The van der Waals surface area contributed by atoms with Crippen molar-refractivity contribution >= 4 is 18.2 Å². The molecule has 11 heteroatoms. The summed E-state index contributed by atoms with van der Waals surface area (Å²) < 4.78 is 21.8. The van der Waals surface area contributed by atoms with Crippen molar-refractivity contribution < 1.29 is 28.5 Å². The molecule has 41 heavy (non-hydrogen) atoms. The molecule has 1 heterocycles. The zero-order valence-corrected chi connectivity index (χ0v) is 22.7. The van der Waals surface area contributed by atoms with Gasteiger partial charge < -0.3 is 29.2 Å². The number of carbonyl (C=O) groups excluding carboxylic acids is 2. The first-order valence-corrected chi connectivity index (χ1v) is 12.7. The lowest BCUT2D eigenvalue weighted by Gasteiger charge is -2.16. The maximum absolute atomic E-state index is 12.9. The fourth-order valence-electron chi connectivity index (χ4n) is 3.75. The molecule has 4 rings (SSSR count). The van der Waals surface area contributed by atoms with Crippen LogP contribution in [0.2, 0.25) is 0 Å². The van der Waals surface area contributed by atoms with Gasteiger partial charge in [0.15, 0.2) is 11.5 Å². The molecule has 212 valence electrons. The van der Waals surface area contributed by atoms with Crippen molar-refractivity contribution in [1.29, 1.82) is 0 Å². The SMILES string of the molecule is COc1ccc(COc2ccc(/C=N\NC(=O)[C@@H](Cc3cnc[nH]3)NC(=O)OCc3ccccc3)cc2OC)cc1. The van der Waals surface area contributed by atoms with Crippen LogP contribution in [0.1, 0.15) is 22.4 Å². The number of aromatic amines is 1. The average Bonchev–Trinajstić information content (AvgIpc) is 3.53. The largest absolute Gasteiger partial charge is 0.497 e. The molecule has 0 bridgehead atoms. The highest BCUT2D eigenvalue weighted by atomic mass is 16.5. The van der Waals surface area contributed by atoms with Gasteiger partial charge in [-0.1, -0.05) is 42.5 Å². The second kappa shape index (κ2) is 14.7. The smallest absolute Gasteiger partial charge is 0.408 e. The number of nitrogens with one attached hydrogen (secondary N) is 3. The third-order valence-electron chi connectivity index (χ3n) is 5.93. The van der Waals surface area contributed by atoms with E-state index in [0.29, 0.717) is 29.4 Å². The molecular weight excluding hydrogens is 526 g/mol. The predicted molar refractivity (Wildman–Crippen MR) is 152 cm³/mol. The monoisotopic (exact) mass is 557 g/mol. The van der Waals surface area contributed by atoms with Gasteiger partial charge in [0.2, 0.25) is 0 Å². The Hall–Kier alpha value is -5.32. The normalized spacial score (nSPS) is 11.5. The zero-order valence-electron chi connectivity index (χ0n) is 22.7. The van der Waals surface area contributed by atoms with Crippen LogP contribution >= 0.6 is 0 Å². The van der Waals surface area contributed by atoms with E-state index in [1.807, 2.05) is 54.6 Å². The first-order chi connectivity index (χ1) is 20.0. The Bertz CT molecular complexity index is 1430. The predicted octanol–water partition coefficient (Wildman–Crippen LogP) is 3.99. The number of amides is 2. The summed E-state index contributed by atoms with van der Waals surface area (Å²) in [4.78, 5) is 32.2. The van der Waals surface area contributed by atoms with E-state index >= 15 is 0 Å². The van der Waals surface area contributed by atoms with Crippen LogP contribution in [0.3, 0.4) is 0 Å². The van der Waals surface area contributed by atoms with E-state index in [4.69, 9.17) is 18.9 Å². The Morgan fingerprint density at radius 3 is 2.44 bits per heavy atom. The molecule has 0 radical (unpaired) electrons. The van der Waals surface area contributed by atoms with Crippen molar-refractivity contribution in [1.82, 2.24) is 20.7 Å². The van der Waals surface area contributed by atoms with Crippen molar-refractivity contribution in [3.8, 4) is 17.2 Å². The average molecular weight is 558 g/mol. The minimum Gasteiger partial charge on any atom is -0.497 e. The van der Waals surface area contributed by atoms with E-state index in [1.54, 1.807) is 38.6 Å². The zero-order chi connectivity index (χ0) is 28.9. The summed E-state index contributed by atoms with van der Waals surface area (Å²) >= 11 is 0. The van der Waals surface area contributed by atoms with E-state index in [9.17, 15) is 9.59 Å². The van der Waals surface area contributed by atoms with Gasteiger partial charge in [-0.05, 0) is 47.0 Å². The highest BCUT2D eigenvalue weighted by Crippen LogP contribution is 2.28. The molecule has 11 nitrogen and oxygen atoms in total. The topological polar surface area (TPSA) is 136 Å². The van der Waals surface area contributed by atoms with Crippen LogP contribution in [0.15, 0.2) is 90.4 Å². The number of rotatable bonds is 13. The highest BCUT2D eigenvalue weighted by Gasteiger charge is 2.22. The molecule has 0 spiro atoms. The van der Waals surface area contributed by atoms with Crippen molar-refractivity contribution in [3.63, 3.8) is 0 Å². The van der Waals surface area contributed by atoms with Crippen LogP contribution < -0.4 is 25.0 Å². The number of H-pyrrole nitrogens is 1. The van der Waals surface area contributed by atoms with Gasteiger partial charge in [0.1, 0.15) is 25.0 Å². The third kappa shape index (κ3) is 8.85. The van der Waals surface area contributed by atoms with Crippen molar-refractivity contribution in [3.05, 3.63) is 108 Å². The number of benzene rings is 3. The van der Waals surface area contributed by atoms with Crippen LogP contribution in [0.25, 0.3) is 0 Å². The summed E-state index contributed by atoms with van der Waals surface area (Å²) in [6, 6.07) is 21.1. The number of carbonyl (C=O) groups is 2. The van der Waals surface area contributed by atoms with Crippen LogP contribution in [-0.2, 0) is 29.2 Å². The van der Waals surface area contributed by atoms with Crippen LogP contribution in [0, 0.1) is 0 Å². The minimum absolute atomic E-state index is 0.0743. The molecule has 4 aromatic rings. The first-order valence-electron chi connectivity index (χ1n) is 12.7.